The molecule has 3 aromatic carbocycles. The number of primary amides is 1. The number of benzene rings is 3. The van der Waals surface area contributed by atoms with Gasteiger partial charge in [0.2, 0.25) is 5.91 Å². The van der Waals surface area contributed by atoms with Crippen LogP contribution in [0.2, 0.25) is 0 Å². The fraction of sp³-hybridized carbons (Fsp3) is 0.150. The number of nitrogens with two attached hydrogens (primary N) is 1. The predicted octanol–water partition coefficient (Wildman–Crippen LogP) is 3.74. The van der Waals surface area contributed by atoms with Crippen LogP contribution >= 0.6 is 0 Å². The summed E-state index contributed by atoms with van der Waals surface area (Å²) in [5.74, 6) is -0.302. The summed E-state index contributed by atoms with van der Waals surface area (Å²) in [6.07, 6.45) is 0.317. The summed E-state index contributed by atoms with van der Waals surface area (Å²) in [6.45, 7) is 1.26. The number of nitrogens with one attached hydrogen (secondary N) is 2. The van der Waals surface area contributed by atoms with Gasteiger partial charge in [-0.05, 0) is 28.5 Å². The van der Waals surface area contributed by atoms with E-state index in [4.69, 9.17) is 5.73 Å². The summed E-state index contributed by atoms with van der Waals surface area (Å²) >= 11 is 0. The van der Waals surface area contributed by atoms with E-state index < -0.39 is 0 Å². The quantitative estimate of drug-likeness (QED) is 0.621. The van der Waals surface area contributed by atoms with Gasteiger partial charge in [-0.25, -0.2) is 0 Å². The summed E-state index contributed by atoms with van der Waals surface area (Å²) < 4.78 is 0. The third-order valence-corrected chi connectivity index (χ3v) is 3.96. The van der Waals surface area contributed by atoms with Crippen molar-refractivity contribution in [1.29, 1.82) is 0 Å². The Balaban J connectivity index is 1.73. The number of hydrogen-bond donors (Lipinski definition) is 3. The number of anilines is 2. The van der Waals surface area contributed by atoms with E-state index in [2.05, 4.69) is 53.1 Å². The lowest BCUT2D eigenvalue weighted by atomic mass is 10.0. The molecular weight excluding hydrogens is 298 g/mol. The smallest absolute Gasteiger partial charge is 0.219 e. The van der Waals surface area contributed by atoms with Crippen LogP contribution < -0.4 is 16.4 Å². The topological polar surface area (TPSA) is 67.2 Å². The van der Waals surface area contributed by atoms with Crippen molar-refractivity contribution in [2.75, 3.05) is 17.2 Å². The Morgan fingerprint density at radius 3 is 2.29 bits per heavy atom. The molecule has 0 radical (unpaired) electrons. The van der Waals surface area contributed by atoms with Gasteiger partial charge >= 0.3 is 0 Å². The minimum atomic E-state index is -0.302. The average Bonchev–Trinajstić information content (AvgIpc) is 2.60. The maximum absolute atomic E-state index is 10.9. The summed E-state index contributed by atoms with van der Waals surface area (Å²) in [5, 5.41) is 9.23. The lowest BCUT2D eigenvalue weighted by molar-refractivity contribution is -0.117. The average molecular weight is 319 g/mol. The van der Waals surface area contributed by atoms with Gasteiger partial charge < -0.3 is 16.4 Å². The first-order valence-corrected chi connectivity index (χ1v) is 8.06. The van der Waals surface area contributed by atoms with Crippen LogP contribution in [0.5, 0.6) is 0 Å². The zero-order valence-corrected chi connectivity index (χ0v) is 13.5. The van der Waals surface area contributed by atoms with Crippen molar-refractivity contribution in [3.63, 3.8) is 0 Å². The van der Waals surface area contributed by atoms with Crippen LogP contribution in [0.25, 0.3) is 10.8 Å². The van der Waals surface area contributed by atoms with Crippen molar-refractivity contribution in [3.8, 4) is 0 Å². The molecule has 0 saturated heterocycles. The Hall–Kier alpha value is -3.01. The van der Waals surface area contributed by atoms with Crippen molar-refractivity contribution in [1.82, 2.24) is 0 Å². The lowest BCUT2D eigenvalue weighted by Gasteiger charge is -2.14. The van der Waals surface area contributed by atoms with Crippen LogP contribution in [0.3, 0.4) is 0 Å². The molecule has 4 nitrogen and oxygen atoms in total. The molecule has 4 N–H and O–H groups in total. The molecule has 0 bridgehead atoms. The molecule has 0 aliphatic carbocycles. The zero-order chi connectivity index (χ0) is 16.8. The van der Waals surface area contributed by atoms with Gasteiger partial charge in [-0.3, -0.25) is 4.79 Å². The fourth-order valence-electron chi connectivity index (χ4n) is 2.75. The highest BCUT2D eigenvalue weighted by molar-refractivity contribution is 5.86. The number of carbonyl (C=O) groups is 1. The van der Waals surface area contributed by atoms with Crippen molar-refractivity contribution < 1.29 is 4.79 Å². The van der Waals surface area contributed by atoms with Crippen LogP contribution in [0.1, 0.15) is 12.0 Å². The first kappa shape index (κ1) is 15.9. The van der Waals surface area contributed by atoms with Gasteiger partial charge in [0.15, 0.2) is 0 Å². The van der Waals surface area contributed by atoms with Crippen molar-refractivity contribution >= 4 is 28.1 Å². The van der Waals surface area contributed by atoms with E-state index in [1.54, 1.807) is 0 Å². The number of para-hydroxylation sites is 2. The van der Waals surface area contributed by atoms with E-state index in [0.717, 1.165) is 17.9 Å². The van der Waals surface area contributed by atoms with Gasteiger partial charge in [-0.15, -0.1) is 0 Å². The van der Waals surface area contributed by atoms with Crippen molar-refractivity contribution in [2.45, 2.75) is 13.0 Å². The number of fused-ring (bicyclic) bond motifs is 1. The van der Waals surface area contributed by atoms with Gasteiger partial charge in [0.1, 0.15) is 0 Å². The third-order valence-electron chi connectivity index (χ3n) is 3.96. The van der Waals surface area contributed by atoms with Gasteiger partial charge in [-0.1, -0.05) is 54.6 Å². The molecule has 4 heteroatoms. The molecule has 3 rings (SSSR count). The number of hydrogen-bond acceptors (Lipinski definition) is 3. The van der Waals surface area contributed by atoms with E-state index >= 15 is 0 Å². The largest absolute Gasteiger partial charge is 0.383 e. The standard InChI is InChI=1S/C20H21N3O/c21-20(24)12-13-22-18-10-3-4-11-19(18)23-14-16-8-5-7-15-6-1-2-9-17(15)16/h1-11,22-23H,12-14H2,(H2,21,24). The minimum Gasteiger partial charge on any atom is -0.383 e. The molecule has 0 heterocycles. The molecule has 122 valence electrons. The summed E-state index contributed by atoms with van der Waals surface area (Å²) in [4.78, 5) is 10.9. The highest BCUT2D eigenvalue weighted by Crippen LogP contribution is 2.24. The minimum absolute atomic E-state index is 0.302. The SMILES string of the molecule is NC(=O)CCNc1ccccc1NCc1cccc2ccccc12. The monoisotopic (exact) mass is 319 g/mol. The molecule has 0 unspecified atom stereocenters. The van der Waals surface area contributed by atoms with Crippen LogP contribution in [-0.2, 0) is 11.3 Å². The van der Waals surface area contributed by atoms with E-state index in [9.17, 15) is 4.79 Å². The van der Waals surface area contributed by atoms with Crippen LogP contribution in [0.4, 0.5) is 11.4 Å². The number of carbonyl (C=O) groups excluding carboxylic acids is 1. The van der Waals surface area contributed by atoms with Gasteiger partial charge in [0.05, 0.1) is 11.4 Å². The Morgan fingerprint density at radius 2 is 1.50 bits per heavy atom. The first-order chi connectivity index (χ1) is 11.7. The molecule has 0 fully saturated rings. The summed E-state index contributed by atoms with van der Waals surface area (Å²) in [5.41, 5.74) is 8.42. The Bertz CT molecular complexity index is 840. The first-order valence-electron chi connectivity index (χ1n) is 8.06. The zero-order valence-electron chi connectivity index (χ0n) is 13.5. The van der Waals surface area contributed by atoms with Crippen molar-refractivity contribution in [2.24, 2.45) is 5.73 Å². The molecule has 0 spiro atoms. The van der Waals surface area contributed by atoms with E-state index in [1.807, 2.05) is 24.3 Å². The number of amides is 1. The predicted molar refractivity (Wildman–Crippen MR) is 100 cm³/mol. The highest BCUT2D eigenvalue weighted by Gasteiger charge is 2.04. The van der Waals surface area contributed by atoms with Crippen LogP contribution in [0, 0.1) is 0 Å². The highest BCUT2D eigenvalue weighted by atomic mass is 16.1. The van der Waals surface area contributed by atoms with E-state index in [1.165, 1.54) is 16.3 Å². The summed E-state index contributed by atoms with van der Waals surface area (Å²) in [7, 11) is 0. The maximum atomic E-state index is 10.9. The third kappa shape index (κ3) is 3.84. The molecule has 24 heavy (non-hydrogen) atoms. The van der Waals surface area contributed by atoms with Gasteiger partial charge in [-0.2, -0.15) is 0 Å². The molecule has 0 atom stereocenters. The fourth-order valence-corrected chi connectivity index (χ4v) is 2.75. The van der Waals surface area contributed by atoms with Crippen LogP contribution in [-0.4, -0.2) is 12.5 Å². The van der Waals surface area contributed by atoms with Crippen molar-refractivity contribution in [3.05, 3.63) is 72.3 Å². The lowest BCUT2D eigenvalue weighted by Crippen LogP contribution is -2.16. The molecule has 0 aliphatic rings. The van der Waals surface area contributed by atoms with Gasteiger partial charge in [0, 0.05) is 19.5 Å². The summed E-state index contributed by atoms with van der Waals surface area (Å²) in [6, 6.07) is 22.7. The molecular formula is C20H21N3O. The van der Waals surface area contributed by atoms with Gasteiger partial charge in [0.25, 0.3) is 0 Å². The Morgan fingerprint density at radius 1 is 0.833 bits per heavy atom. The molecule has 0 aromatic heterocycles. The number of rotatable bonds is 7. The molecule has 1 amide bonds. The van der Waals surface area contributed by atoms with E-state index in [-0.39, 0.29) is 5.91 Å². The maximum Gasteiger partial charge on any atom is 0.219 e. The second kappa shape index (κ2) is 7.51. The second-order valence-electron chi connectivity index (χ2n) is 5.68. The Kier molecular flexibility index (Phi) is 4.96. The second-order valence-corrected chi connectivity index (χ2v) is 5.68. The Labute approximate surface area is 141 Å². The van der Waals surface area contributed by atoms with Crippen LogP contribution in [0.15, 0.2) is 66.7 Å². The normalized spacial score (nSPS) is 10.5. The molecule has 3 aromatic rings. The molecule has 0 aliphatic heterocycles. The van der Waals surface area contributed by atoms with E-state index in [0.29, 0.717) is 13.0 Å². The molecule has 0 saturated carbocycles.